The van der Waals surface area contributed by atoms with Crippen molar-refractivity contribution in [3.8, 4) is 5.88 Å². The lowest BCUT2D eigenvalue weighted by molar-refractivity contribution is -0.124. The van der Waals surface area contributed by atoms with Gasteiger partial charge in [-0.25, -0.2) is 4.98 Å². The number of nitrogens with one attached hydrogen (secondary N) is 2. The molecule has 0 fully saturated rings. The first kappa shape index (κ1) is 22.6. The van der Waals surface area contributed by atoms with E-state index in [1.54, 1.807) is 43.6 Å². The van der Waals surface area contributed by atoms with Crippen molar-refractivity contribution in [2.24, 2.45) is 5.92 Å². The minimum absolute atomic E-state index is 0.0825. The Hall–Kier alpha value is -2.64. The molecule has 1 atom stereocenters. The lowest BCUT2D eigenvalue weighted by Gasteiger charge is -2.22. The molecule has 0 bridgehead atoms. The van der Waals surface area contributed by atoms with Crippen molar-refractivity contribution >= 4 is 23.4 Å². The van der Waals surface area contributed by atoms with Crippen molar-refractivity contribution < 1.29 is 19.1 Å². The maximum atomic E-state index is 12.6. The van der Waals surface area contributed by atoms with Crippen molar-refractivity contribution in [1.29, 1.82) is 0 Å². The summed E-state index contributed by atoms with van der Waals surface area (Å²) in [5, 5.41) is 6.17. The van der Waals surface area contributed by atoms with Crippen molar-refractivity contribution in [1.82, 2.24) is 15.6 Å². The predicted octanol–water partition coefficient (Wildman–Crippen LogP) is 2.83. The first-order valence-electron chi connectivity index (χ1n) is 9.31. The molecular formula is C21H26ClN3O4. The van der Waals surface area contributed by atoms with E-state index in [1.165, 1.54) is 0 Å². The van der Waals surface area contributed by atoms with Gasteiger partial charge in [-0.1, -0.05) is 31.5 Å². The molecule has 2 amide bonds. The standard InChI is InChI=1S/C21H26ClN3O4/c1-14(2)19(25-20(26)16-5-7-17(22)8-6-16)21(27)24-13-15-4-9-18(23-12-15)29-11-10-28-3/h4-9,12,14,19H,10-11,13H2,1-3H3,(H,24,27)(H,25,26). The molecule has 0 aliphatic carbocycles. The summed E-state index contributed by atoms with van der Waals surface area (Å²) in [6.07, 6.45) is 1.64. The van der Waals surface area contributed by atoms with Gasteiger partial charge in [-0.05, 0) is 35.7 Å². The molecule has 2 aromatic rings. The predicted molar refractivity (Wildman–Crippen MR) is 111 cm³/mol. The summed E-state index contributed by atoms with van der Waals surface area (Å²) in [6.45, 7) is 4.95. The monoisotopic (exact) mass is 419 g/mol. The third-order valence-electron chi connectivity index (χ3n) is 4.14. The Morgan fingerprint density at radius 1 is 1.10 bits per heavy atom. The molecule has 0 saturated heterocycles. The average molecular weight is 420 g/mol. The van der Waals surface area contributed by atoms with Gasteiger partial charge in [0.1, 0.15) is 12.6 Å². The van der Waals surface area contributed by atoms with Crippen LogP contribution >= 0.6 is 11.6 Å². The first-order valence-corrected chi connectivity index (χ1v) is 9.69. The molecule has 0 spiro atoms. The average Bonchev–Trinajstić information content (AvgIpc) is 2.71. The van der Waals surface area contributed by atoms with Crippen LogP contribution in [-0.2, 0) is 16.1 Å². The number of amides is 2. The Morgan fingerprint density at radius 2 is 1.83 bits per heavy atom. The van der Waals surface area contributed by atoms with Crippen molar-refractivity contribution in [3.05, 3.63) is 58.7 Å². The van der Waals surface area contributed by atoms with Gasteiger partial charge in [0.15, 0.2) is 0 Å². The number of nitrogens with zero attached hydrogens (tertiary/aromatic N) is 1. The van der Waals surface area contributed by atoms with E-state index in [-0.39, 0.29) is 17.7 Å². The Kier molecular flexibility index (Phi) is 8.89. The van der Waals surface area contributed by atoms with Crippen molar-refractivity contribution in [2.45, 2.75) is 26.4 Å². The molecule has 0 aliphatic rings. The molecule has 8 heteroatoms. The van der Waals surface area contributed by atoms with Crippen LogP contribution in [0.25, 0.3) is 0 Å². The zero-order valence-corrected chi connectivity index (χ0v) is 17.5. The second-order valence-corrected chi connectivity index (χ2v) is 7.20. The van der Waals surface area contributed by atoms with E-state index in [9.17, 15) is 9.59 Å². The van der Waals surface area contributed by atoms with Crippen LogP contribution in [0, 0.1) is 5.92 Å². The zero-order chi connectivity index (χ0) is 21.2. The van der Waals surface area contributed by atoms with Crippen LogP contribution in [0.1, 0.15) is 29.8 Å². The number of carbonyl (C=O) groups is 2. The minimum atomic E-state index is -0.664. The molecule has 7 nitrogen and oxygen atoms in total. The van der Waals surface area contributed by atoms with E-state index in [2.05, 4.69) is 15.6 Å². The van der Waals surface area contributed by atoms with Crippen LogP contribution < -0.4 is 15.4 Å². The summed E-state index contributed by atoms with van der Waals surface area (Å²) in [4.78, 5) is 29.2. The maximum absolute atomic E-state index is 12.6. The van der Waals surface area contributed by atoms with Gasteiger partial charge in [0.2, 0.25) is 11.8 Å². The quantitative estimate of drug-likeness (QED) is 0.578. The SMILES string of the molecule is COCCOc1ccc(CNC(=O)C(NC(=O)c2ccc(Cl)cc2)C(C)C)cn1. The van der Waals surface area contributed by atoms with Crippen LogP contribution in [0.2, 0.25) is 5.02 Å². The van der Waals surface area contributed by atoms with Gasteiger partial charge >= 0.3 is 0 Å². The van der Waals surface area contributed by atoms with E-state index in [0.29, 0.717) is 36.2 Å². The highest BCUT2D eigenvalue weighted by Gasteiger charge is 2.24. The second kappa shape index (κ2) is 11.4. The zero-order valence-electron chi connectivity index (χ0n) is 16.8. The topological polar surface area (TPSA) is 89.5 Å². The fraction of sp³-hybridized carbons (Fsp3) is 0.381. The maximum Gasteiger partial charge on any atom is 0.251 e. The molecule has 0 radical (unpaired) electrons. The summed E-state index contributed by atoms with van der Waals surface area (Å²) < 4.78 is 10.3. The summed E-state index contributed by atoms with van der Waals surface area (Å²) in [5.74, 6) is -0.175. The molecule has 156 valence electrons. The number of hydrogen-bond acceptors (Lipinski definition) is 5. The number of aromatic nitrogens is 1. The van der Waals surface area contributed by atoms with Gasteiger partial charge in [-0.15, -0.1) is 0 Å². The van der Waals surface area contributed by atoms with E-state index in [0.717, 1.165) is 5.56 Å². The largest absolute Gasteiger partial charge is 0.475 e. The van der Waals surface area contributed by atoms with Crippen molar-refractivity contribution in [3.63, 3.8) is 0 Å². The summed E-state index contributed by atoms with van der Waals surface area (Å²) in [5.41, 5.74) is 1.27. The molecule has 29 heavy (non-hydrogen) atoms. The van der Waals surface area contributed by atoms with E-state index in [1.807, 2.05) is 19.9 Å². The van der Waals surface area contributed by atoms with E-state index >= 15 is 0 Å². The number of hydrogen-bond donors (Lipinski definition) is 2. The number of methoxy groups -OCH3 is 1. The molecule has 2 rings (SSSR count). The molecule has 0 aliphatic heterocycles. The molecule has 1 aromatic heterocycles. The number of benzene rings is 1. The Labute approximate surface area is 175 Å². The van der Waals surface area contributed by atoms with Gasteiger partial charge < -0.3 is 20.1 Å². The number of pyridine rings is 1. The number of halogens is 1. The normalized spacial score (nSPS) is 11.8. The minimum Gasteiger partial charge on any atom is -0.475 e. The van der Waals surface area contributed by atoms with Crippen LogP contribution in [0.4, 0.5) is 0 Å². The van der Waals surface area contributed by atoms with Crippen LogP contribution in [0.5, 0.6) is 5.88 Å². The van der Waals surface area contributed by atoms with Gasteiger partial charge in [0.25, 0.3) is 5.91 Å². The second-order valence-electron chi connectivity index (χ2n) is 6.77. The van der Waals surface area contributed by atoms with Crippen LogP contribution in [0.3, 0.4) is 0 Å². The lowest BCUT2D eigenvalue weighted by Crippen LogP contribution is -2.49. The van der Waals surface area contributed by atoms with Gasteiger partial charge in [-0.3, -0.25) is 9.59 Å². The highest BCUT2D eigenvalue weighted by Crippen LogP contribution is 2.11. The molecule has 0 saturated carbocycles. The fourth-order valence-electron chi connectivity index (χ4n) is 2.49. The highest BCUT2D eigenvalue weighted by atomic mass is 35.5. The number of ether oxygens (including phenoxy) is 2. The third-order valence-corrected chi connectivity index (χ3v) is 4.40. The molecule has 1 heterocycles. The van der Waals surface area contributed by atoms with Gasteiger partial charge in [0, 0.05) is 36.5 Å². The summed E-state index contributed by atoms with van der Waals surface area (Å²) >= 11 is 5.85. The van der Waals surface area contributed by atoms with Gasteiger partial charge in [0.05, 0.1) is 6.61 Å². The third kappa shape index (κ3) is 7.36. The van der Waals surface area contributed by atoms with Gasteiger partial charge in [-0.2, -0.15) is 0 Å². The number of carbonyl (C=O) groups excluding carboxylic acids is 2. The molecule has 1 aromatic carbocycles. The fourth-order valence-corrected chi connectivity index (χ4v) is 2.62. The highest BCUT2D eigenvalue weighted by molar-refractivity contribution is 6.30. The van der Waals surface area contributed by atoms with E-state index < -0.39 is 6.04 Å². The summed E-state index contributed by atoms with van der Waals surface area (Å²) in [7, 11) is 1.60. The summed E-state index contributed by atoms with van der Waals surface area (Å²) in [6, 6.07) is 9.41. The molecule has 2 N–H and O–H groups in total. The Morgan fingerprint density at radius 3 is 2.41 bits per heavy atom. The first-order chi connectivity index (χ1) is 13.9. The van der Waals surface area contributed by atoms with Crippen LogP contribution in [-0.4, -0.2) is 43.2 Å². The lowest BCUT2D eigenvalue weighted by atomic mass is 10.0. The molecule has 1 unspecified atom stereocenters. The molecular weight excluding hydrogens is 394 g/mol. The Bertz CT molecular complexity index is 795. The van der Waals surface area contributed by atoms with E-state index in [4.69, 9.17) is 21.1 Å². The Balaban J connectivity index is 1.90. The van der Waals surface area contributed by atoms with Crippen molar-refractivity contribution in [2.75, 3.05) is 20.3 Å². The number of rotatable bonds is 10. The van der Waals surface area contributed by atoms with Crippen LogP contribution in [0.15, 0.2) is 42.6 Å². The smallest absolute Gasteiger partial charge is 0.251 e.